The maximum atomic E-state index is 13.1. The van der Waals surface area contributed by atoms with Crippen LogP contribution in [-0.4, -0.2) is 52.6 Å². The van der Waals surface area contributed by atoms with Crippen molar-refractivity contribution in [3.8, 4) is 0 Å². The highest BCUT2D eigenvalue weighted by molar-refractivity contribution is 8.00. The van der Waals surface area contributed by atoms with Gasteiger partial charge in [-0.3, -0.25) is 4.79 Å². The summed E-state index contributed by atoms with van der Waals surface area (Å²) in [6, 6.07) is 0. The molecular formula is C15H26N2O2S. The topological polar surface area (TPSA) is 55.6 Å². The Balaban J connectivity index is 1.83. The van der Waals surface area contributed by atoms with Gasteiger partial charge in [-0.25, -0.2) is 0 Å². The van der Waals surface area contributed by atoms with Crippen LogP contribution in [0.15, 0.2) is 0 Å². The van der Waals surface area contributed by atoms with E-state index in [1.807, 2.05) is 16.7 Å². The lowest BCUT2D eigenvalue weighted by Gasteiger charge is -2.62. The van der Waals surface area contributed by atoms with E-state index < -0.39 is 5.54 Å². The second-order valence-electron chi connectivity index (χ2n) is 7.61. The molecule has 0 aromatic carbocycles. The first-order valence-electron chi connectivity index (χ1n) is 7.54. The Morgan fingerprint density at radius 1 is 1.35 bits per heavy atom. The number of nitrogens with zero attached hydrogens (tertiary/aromatic N) is 1. The molecule has 0 aromatic heterocycles. The minimum Gasteiger partial charge on any atom is -0.377 e. The van der Waals surface area contributed by atoms with Crippen LogP contribution >= 0.6 is 11.8 Å². The van der Waals surface area contributed by atoms with Crippen molar-refractivity contribution in [2.24, 2.45) is 17.1 Å². The zero-order valence-electron chi connectivity index (χ0n) is 12.9. The van der Waals surface area contributed by atoms with E-state index in [4.69, 9.17) is 10.5 Å². The third-order valence-electron chi connectivity index (χ3n) is 5.52. The van der Waals surface area contributed by atoms with Gasteiger partial charge in [-0.15, -0.1) is 0 Å². The van der Waals surface area contributed by atoms with Gasteiger partial charge in [0.2, 0.25) is 5.91 Å². The molecule has 2 saturated heterocycles. The zero-order valence-corrected chi connectivity index (χ0v) is 13.8. The Kier molecular flexibility index (Phi) is 3.20. The first-order chi connectivity index (χ1) is 9.20. The molecule has 1 saturated carbocycles. The zero-order chi connectivity index (χ0) is 14.8. The molecule has 4 nitrogen and oxygen atoms in total. The molecule has 2 aliphatic heterocycles. The van der Waals surface area contributed by atoms with Gasteiger partial charge in [0.1, 0.15) is 5.54 Å². The summed E-state index contributed by atoms with van der Waals surface area (Å²) in [5, 5.41) is 0. The Hall–Kier alpha value is -0.260. The minimum atomic E-state index is -0.744. The summed E-state index contributed by atoms with van der Waals surface area (Å²) in [4.78, 5) is 15.1. The lowest BCUT2D eigenvalue weighted by Crippen LogP contribution is -2.80. The number of thioether (sulfide) groups is 1. The highest BCUT2D eigenvalue weighted by atomic mass is 32.2. The molecular weight excluding hydrogens is 272 g/mol. The SMILES string of the molecule is CC1(C)CN(C(=O)C2(N)C3CCOC3C2(C)C)CCS1. The highest BCUT2D eigenvalue weighted by Gasteiger charge is 2.72. The summed E-state index contributed by atoms with van der Waals surface area (Å²) in [5.74, 6) is 1.34. The smallest absolute Gasteiger partial charge is 0.243 e. The van der Waals surface area contributed by atoms with Crippen LogP contribution in [-0.2, 0) is 9.53 Å². The Morgan fingerprint density at radius 2 is 2.05 bits per heavy atom. The summed E-state index contributed by atoms with van der Waals surface area (Å²) in [6.45, 7) is 10.9. The van der Waals surface area contributed by atoms with Crippen molar-refractivity contribution in [1.29, 1.82) is 0 Å². The van der Waals surface area contributed by atoms with Crippen LogP contribution in [0.1, 0.15) is 34.1 Å². The summed E-state index contributed by atoms with van der Waals surface area (Å²) in [6.07, 6.45) is 1.08. The van der Waals surface area contributed by atoms with Gasteiger partial charge in [-0.2, -0.15) is 11.8 Å². The first-order valence-corrected chi connectivity index (χ1v) is 8.52. The summed E-state index contributed by atoms with van der Waals surface area (Å²) in [7, 11) is 0. The van der Waals surface area contributed by atoms with Crippen molar-refractivity contribution in [2.75, 3.05) is 25.4 Å². The molecule has 0 radical (unpaired) electrons. The van der Waals surface area contributed by atoms with E-state index in [-0.39, 0.29) is 28.1 Å². The number of hydrogen-bond donors (Lipinski definition) is 1. The standard InChI is InChI=1S/C15H26N2O2S/c1-13(2)9-17(6-8-20-13)12(18)15(16)10-5-7-19-11(10)14(15,3)4/h10-11H,5-9,16H2,1-4H3. The maximum absolute atomic E-state index is 13.1. The number of amides is 1. The average molecular weight is 298 g/mol. The summed E-state index contributed by atoms with van der Waals surface area (Å²) >= 11 is 1.94. The minimum absolute atomic E-state index is 0.129. The Morgan fingerprint density at radius 3 is 2.70 bits per heavy atom. The van der Waals surface area contributed by atoms with Gasteiger partial charge >= 0.3 is 0 Å². The number of hydrogen-bond acceptors (Lipinski definition) is 4. The predicted molar refractivity (Wildman–Crippen MR) is 81.7 cm³/mol. The number of nitrogens with two attached hydrogens (primary N) is 1. The fourth-order valence-electron chi connectivity index (χ4n) is 4.27. The van der Waals surface area contributed by atoms with Crippen LogP contribution in [0.5, 0.6) is 0 Å². The largest absolute Gasteiger partial charge is 0.377 e. The number of carbonyl (C=O) groups excluding carboxylic acids is 1. The van der Waals surface area contributed by atoms with Crippen LogP contribution < -0.4 is 5.73 Å². The summed E-state index contributed by atoms with van der Waals surface area (Å²) in [5.41, 5.74) is 5.64. The summed E-state index contributed by atoms with van der Waals surface area (Å²) < 4.78 is 5.91. The van der Waals surface area contributed by atoms with Crippen molar-refractivity contribution < 1.29 is 9.53 Å². The first kappa shape index (κ1) is 14.7. The van der Waals surface area contributed by atoms with E-state index in [0.717, 1.165) is 31.9 Å². The molecule has 1 aliphatic carbocycles. The normalized spacial score (nSPS) is 42.0. The van der Waals surface area contributed by atoms with E-state index in [1.54, 1.807) is 0 Å². The van der Waals surface area contributed by atoms with Crippen LogP contribution in [0.25, 0.3) is 0 Å². The molecule has 0 spiro atoms. The highest BCUT2D eigenvalue weighted by Crippen LogP contribution is 2.58. The average Bonchev–Trinajstić information content (AvgIpc) is 2.83. The molecule has 2 heterocycles. The second kappa shape index (κ2) is 4.37. The molecule has 3 aliphatic rings. The van der Waals surface area contributed by atoms with Crippen LogP contribution in [0.2, 0.25) is 0 Å². The Labute approximate surface area is 125 Å². The molecule has 2 N–H and O–H groups in total. The van der Waals surface area contributed by atoms with Crippen LogP contribution in [0, 0.1) is 11.3 Å². The van der Waals surface area contributed by atoms with Crippen LogP contribution in [0.4, 0.5) is 0 Å². The van der Waals surface area contributed by atoms with E-state index in [0.29, 0.717) is 0 Å². The molecule has 3 fully saturated rings. The molecule has 0 bridgehead atoms. The van der Waals surface area contributed by atoms with Crippen molar-refractivity contribution in [2.45, 2.75) is 50.5 Å². The maximum Gasteiger partial charge on any atom is 0.243 e. The lowest BCUT2D eigenvalue weighted by atomic mass is 9.47. The van der Waals surface area contributed by atoms with Crippen molar-refractivity contribution >= 4 is 17.7 Å². The van der Waals surface area contributed by atoms with Gasteiger partial charge in [0, 0.05) is 41.5 Å². The Bertz CT molecular complexity index is 438. The molecule has 3 rings (SSSR count). The van der Waals surface area contributed by atoms with E-state index >= 15 is 0 Å². The van der Waals surface area contributed by atoms with Gasteiger partial charge in [0.05, 0.1) is 6.10 Å². The molecule has 20 heavy (non-hydrogen) atoms. The second-order valence-corrected chi connectivity index (χ2v) is 9.41. The molecule has 3 unspecified atom stereocenters. The lowest BCUT2D eigenvalue weighted by molar-refractivity contribution is -0.184. The van der Waals surface area contributed by atoms with Gasteiger partial charge in [0.25, 0.3) is 0 Å². The number of fused-ring (bicyclic) bond motifs is 1. The quantitative estimate of drug-likeness (QED) is 0.797. The fourth-order valence-corrected chi connectivity index (χ4v) is 5.38. The van der Waals surface area contributed by atoms with Crippen molar-refractivity contribution in [3.63, 3.8) is 0 Å². The van der Waals surface area contributed by atoms with Crippen LogP contribution in [0.3, 0.4) is 0 Å². The molecule has 0 aromatic rings. The molecule has 114 valence electrons. The third-order valence-corrected chi connectivity index (χ3v) is 6.82. The fraction of sp³-hybridized carbons (Fsp3) is 0.933. The van der Waals surface area contributed by atoms with Gasteiger partial charge in [-0.1, -0.05) is 13.8 Å². The number of rotatable bonds is 1. The van der Waals surface area contributed by atoms with Gasteiger partial charge < -0.3 is 15.4 Å². The number of carbonyl (C=O) groups is 1. The van der Waals surface area contributed by atoms with Crippen molar-refractivity contribution in [3.05, 3.63) is 0 Å². The van der Waals surface area contributed by atoms with E-state index in [9.17, 15) is 4.79 Å². The van der Waals surface area contributed by atoms with E-state index in [1.165, 1.54) is 0 Å². The third kappa shape index (κ3) is 1.79. The monoisotopic (exact) mass is 298 g/mol. The van der Waals surface area contributed by atoms with E-state index in [2.05, 4.69) is 27.7 Å². The van der Waals surface area contributed by atoms with Crippen molar-refractivity contribution in [1.82, 2.24) is 4.90 Å². The molecule has 5 heteroatoms. The molecule has 1 amide bonds. The number of ether oxygens (including phenoxy) is 1. The molecule has 3 atom stereocenters. The predicted octanol–water partition coefficient (Wildman–Crippen LogP) is 1.48. The van der Waals surface area contributed by atoms with Gasteiger partial charge in [0.15, 0.2) is 0 Å². The van der Waals surface area contributed by atoms with Gasteiger partial charge in [-0.05, 0) is 20.3 Å².